The largest absolute Gasteiger partial charge is 0.497 e. The van der Waals surface area contributed by atoms with E-state index in [1.54, 1.807) is 26.2 Å². The Labute approximate surface area is 447 Å². The Morgan fingerprint density at radius 3 is 1.76 bits per heavy atom. The Morgan fingerprint density at radius 1 is 0.697 bits per heavy atom. The van der Waals surface area contributed by atoms with Crippen molar-refractivity contribution in [3.8, 4) is 39.8 Å². The van der Waals surface area contributed by atoms with Gasteiger partial charge in [0.15, 0.2) is 0 Å². The van der Waals surface area contributed by atoms with E-state index in [0.29, 0.717) is 66.5 Å². The van der Waals surface area contributed by atoms with E-state index in [0.717, 1.165) is 53.7 Å². The highest BCUT2D eigenvalue weighted by Gasteiger charge is 2.37. The maximum absolute atomic E-state index is 16.3. The van der Waals surface area contributed by atoms with E-state index in [2.05, 4.69) is 15.4 Å². The molecule has 17 nitrogen and oxygen atoms in total. The van der Waals surface area contributed by atoms with Crippen molar-refractivity contribution >= 4 is 22.2 Å². The Hall–Kier alpha value is -7.02. The molecule has 2 aliphatic rings. The van der Waals surface area contributed by atoms with Crippen LogP contribution in [-0.4, -0.2) is 127 Å². The number of hydrogen-bond donors (Lipinski definition) is 1. The first-order chi connectivity index (χ1) is 36.3. The molecule has 1 aromatic heterocycles. The second kappa shape index (κ2) is 23.9. The fourth-order valence-electron chi connectivity index (χ4n) is 9.53. The average molecular weight is 1060 g/mol. The number of likely N-dealkylation sites (tertiary alicyclic amines) is 2. The van der Waals surface area contributed by atoms with Crippen LogP contribution in [0.1, 0.15) is 88.1 Å². The summed E-state index contributed by atoms with van der Waals surface area (Å²) in [7, 11) is 0.377. The summed E-state index contributed by atoms with van der Waals surface area (Å²) in [5.41, 5.74) is 4.71. The molecule has 0 unspecified atom stereocenters. The van der Waals surface area contributed by atoms with Gasteiger partial charge in [-0.3, -0.25) is 0 Å². The highest BCUT2D eigenvalue weighted by Crippen LogP contribution is 2.42. The smallest absolute Gasteiger partial charge is 0.410 e. The van der Waals surface area contributed by atoms with Gasteiger partial charge in [0, 0.05) is 45.2 Å². The number of hydrogen-bond acceptors (Lipinski definition) is 13. The molecule has 8 rings (SSSR count). The highest BCUT2D eigenvalue weighted by atomic mass is 32.2. The number of carbonyl (C=O) groups is 2. The molecule has 0 bridgehead atoms. The van der Waals surface area contributed by atoms with Crippen molar-refractivity contribution in [1.82, 2.24) is 39.6 Å². The van der Waals surface area contributed by atoms with Crippen LogP contribution in [0.15, 0.2) is 114 Å². The van der Waals surface area contributed by atoms with Gasteiger partial charge in [0.2, 0.25) is 15.8 Å². The zero-order valence-electron chi connectivity index (χ0n) is 45.2. The van der Waals surface area contributed by atoms with Gasteiger partial charge in [0.05, 0.1) is 38.3 Å². The van der Waals surface area contributed by atoms with Gasteiger partial charge in [-0.25, -0.2) is 18.0 Å². The van der Waals surface area contributed by atoms with Crippen LogP contribution >= 0.6 is 0 Å². The SMILES string of the molecule is COc1ccc(CN(Cc2ccc(OC)cc2)S(=O)(=O)c2c(CC3CCN(CCNC(=O)OC(C)(C)C)CC3)ccc(-c3ccc(C4CN(C(=O)OC(C)(C)C)C4)cc3)c2-c2nnn(Cc3ccc(OC)cc3)n2)cc1. The predicted octanol–water partition coefficient (Wildman–Crippen LogP) is 9.59. The van der Waals surface area contributed by atoms with Crippen LogP contribution in [0.5, 0.6) is 17.2 Å². The van der Waals surface area contributed by atoms with Gasteiger partial charge in [0.1, 0.15) is 28.5 Å². The summed E-state index contributed by atoms with van der Waals surface area (Å²) < 4.78 is 61.6. The zero-order valence-corrected chi connectivity index (χ0v) is 46.1. The summed E-state index contributed by atoms with van der Waals surface area (Å²) in [6.07, 6.45) is 1.32. The van der Waals surface area contributed by atoms with Gasteiger partial charge in [-0.1, -0.05) is 72.8 Å². The second-order valence-corrected chi connectivity index (χ2v) is 23.4. The number of carbonyl (C=O) groups excluding carboxylic acids is 2. The fraction of sp³-hybridized carbons (Fsp3) is 0.431. The minimum atomic E-state index is -4.44. The van der Waals surface area contributed by atoms with Crippen molar-refractivity contribution in [3.05, 3.63) is 137 Å². The molecule has 2 aliphatic heterocycles. The van der Waals surface area contributed by atoms with Gasteiger partial charge in [-0.2, -0.15) is 9.10 Å². The number of sulfonamides is 1. The van der Waals surface area contributed by atoms with Gasteiger partial charge in [-0.05, 0) is 160 Å². The molecule has 18 heteroatoms. The quantitative estimate of drug-likeness (QED) is 0.0811. The molecule has 0 saturated carbocycles. The molecule has 0 radical (unpaired) electrons. The fourth-order valence-corrected chi connectivity index (χ4v) is 11.4. The van der Waals surface area contributed by atoms with Gasteiger partial charge in [-0.15, -0.1) is 10.2 Å². The van der Waals surface area contributed by atoms with Crippen molar-refractivity contribution in [2.45, 2.75) is 102 Å². The number of amides is 2. The number of tetrazole rings is 1. The molecule has 0 aliphatic carbocycles. The molecule has 6 aromatic rings. The summed E-state index contributed by atoms with van der Waals surface area (Å²) in [5.74, 6) is 2.44. The normalized spacial score (nSPS) is 14.8. The topological polar surface area (TPSA) is 180 Å². The van der Waals surface area contributed by atoms with Crippen LogP contribution < -0.4 is 19.5 Å². The molecule has 2 amide bonds. The van der Waals surface area contributed by atoms with E-state index in [1.165, 1.54) is 9.10 Å². The number of piperidine rings is 1. The molecule has 1 N–H and O–H groups in total. The van der Waals surface area contributed by atoms with E-state index in [1.807, 2.05) is 151 Å². The molecule has 0 atom stereocenters. The van der Waals surface area contributed by atoms with Gasteiger partial charge < -0.3 is 38.8 Å². The van der Waals surface area contributed by atoms with Crippen molar-refractivity contribution < 1.29 is 41.7 Å². The van der Waals surface area contributed by atoms with Crippen LogP contribution in [0.2, 0.25) is 0 Å². The lowest BCUT2D eigenvalue weighted by atomic mass is 9.87. The number of benzene rings is 5. The molecule has 3 heterocycles. The van der Waals surface area contributed by atoms with E-state index < -0.39 is 27.3 Å². The summed E-state index contributed by atoms with van der Waals surface area (Å²) >= 11 is 0. The third kappa shape index (κ3) is 14.3. The predicted molar refractivity (Wildman–Crippen MR) is 291 cm³/mol. The van der Waals surface area contributed by atoms with Gasteiger partial charge in [0.25, 0.3) is 0 Å². The van der Waals surface area contributed by atoms with Crippen molar-refractivity contribution in [3.63, 3.8) is 0 Å². The summed E-state index contributed by atoms with van der Waals surface area (Å²) in [5, 5.41) is 17.1. The first-order valence-corrected chi connectivity index (χ1v) is 27.3. The Balaban J connectivity index is 1.21. The lowest BCUT2D eigenvalue weighted by molar-refractivity contribution is 0.00816. The molecule has 0 spiro atoms. The molecule has 2 saturated heterocycles. The third-order valence-electron chi connectivity index (χ3n) is 13.6. The van der Waals surface area contributed by atoms with Crippen LogP contribution in [0.25, 0.3) is 22.5 Å². The van der Waals surface area contributed by atoms with Crippen LogP contribution in [0, 0.1) is 5.92 Å². The van der Waals surface area contributed by atoms with Gasteiger partial charge >= 0.3 is 12.2 Å². The van der Waals surface area contributed by atoms with E-state index in [-0.39, 0.29) is 48.3 Å². The number of rotatable bonds is 19. The third-order valence-corrected chi connectivity index (χ3v) is 15.5. The Bertz CT molecular complexity index is 2960. The maximum Gasteiger partial charge on any atom is 0.410 e. The van der Waals surface area contributed by atoms with E-state index in [4.69, 9.17) is 33.9 Å². The lowest BCUT2D eigenvalue weighted by Crippen LogP contribution is -2.50. The summed E-state index contributed by atoms with van der Waals surface area (Å²) in [6.45, 7) is 15.2. The number of nitrogens with zero attached hydrogens (tertiary/aromatic N) is 7. The number of alkyl carbamates (subject to hydrolysis) is 1. The first kappa shape index (κ1) is 55.2. The molecular formula is C58H72N8O9S. The summed E-state index contributed by atoms with van der Waals surface area (Å²) in [4.78, 5) is 30.9. The number of ether oxygens (including phenoxy) is 5. The van der Waals surface area contributed by atoms with Crippen LogP contribution in [-0.2, 0) is 45.6 Å². The Kier molecular flexibility index (Phi) is 17.4. The molecular weight excluding hydrogens is 985 g/mol. The minimum Gasteiger partial charge on any atom is -0.497 e. The lowest BCUT2D eigenvalue weighted by Gasteiger charge is -2.40. The van der Waals surface area contributed by atoms with E-state index >= 15 is 8.42 Å². The number of aromatic nitrogens is 4. The van der Waals surface area contributed by atoms with Crippen LogP contribution in [0.3, 0.4) is 0 Å². The zero-order chi connectivity index (χ0) is 54.2. The molecule has 2 fully saturated rings. The highest BCUT2D eigenvalue weighted by molar-refractivity contribution is 7.89. The Morgan fingerprint density at radius 2 is 1.24 bits per heavy atom. The monoisotopic (exact) mass is 1060 g/mol. The van der Waals surface area contributed by atoms with Crippen molar-refractivity contribution in [2.75, 3.05) is 60.6 Å². The number of methoxy groups -OCH3 is 3. The second-order valence-electron chi connectivity index (χ2n) is 21.6. The minimum absolute atomic E-state index is 0.0468. The number of nitrogens with one attached hydrogen (secondary N) is 1. The van der Waals surface area contributed by atoms with E-state index in [9.17, 15) is 9.59 Å². The standard InChI is InChI=1S/C58H72N8O9S/c1-57(2,3)74-55(67)59-30-33-63-31-28-40(29-32-63)34-46-20-27-51(45-18-16-44(17-19-45)47-38-64(39-47)56(68)75-58(4,5)6)52(54-60-62-66(61-54)37-43-14-25-50(73-9)26-15-43)53(46)76(69,70)65(35-41-10-21-48(71-7)22-11-41)36-42-12-23-49(72-8)24-13-42/h10-27,40,47H,28-39H2,1-9H3,(H,59,67). The van der Waals surface area contributed by atoms with Crippen molar-refractivity contribution in [2.24, 2.45) is 5.92 Å². The molecule has 76 heavy (non-hydrogen) atoms. The van der Waals surface area contributed by atoms with Crippen LogP contribution in [0.4, 0.5) is 9.59 Å². The summed E-state index contributed by atoms with van der Waals surface area (Å²) in [6, 6.07) is 34.5. The van der Waals surface area contributed by atoms with Crippen molar-refractivity contribution in [1.29, 1.82) is 0 Å². The average Bonchev–Trinajstić information content (AvgIpc) is 3.84. The first-order valence-electron chi connectivity index (χ1n) is 25.9. The maximum atomic E-state index is 16.3. The molecule has 404 valence electrons. The molecule has 5 aromatic carbocycles.